The second-order valence-electron chi connectivity index (χ2n) is 6.59. The molecule has 1 aromatic rings. The van der Waals surface area contributed by atoms with Gasteiger partial charge in [-0.15, -0.1) is 0 Å². The van der Waals surface area contributed by atoms with Crippen LogP contribution in [-0.4, -0.2) is 57.3 Å². The largest absolute Gasteiger partial charge is 0.497 e. The lowest BCUT2D eigenvalue weighted by Gasteiger charge is -2.26. The Morgan fingerprint density at radius 3 is 2.56 bits per heavy atom. The van der Waals surface area contributed by atoms with Gasteiger partial charge in [0.15, 0.2) is 5.96 Å². The Labute approximate surface area is 151 Å². The van der Waals surface area contributed by atoms with Crippen molar-refractivity contribution in [3.8, 4) is 11.5 Å². The molecule has 1 aromatic carbocycles. The van der Waals surface area contributed by atoms with Crippen LogP contribution in [0, 0.1) is 0 Å². The molecule has 2 N–H and O–H groups in total. The molecule has 0 bridgehead atoms. The van der Waals surface area contributed by atoms with Gasteiger partial charge in [0.2, 0.25) is 0 Å². The van der Waals surface area contributed by atoms with E-state index in [0.717, 1.165) is 42.2 Å². The van der Waals surface area contributed by atoms with Gasteiger partial charge in [-0.25, -0.2) is 0 Å². The SMILES string of the molecule is CN=C(NCCN(C(C)C)C1CC1)NCc1ccc(OC)cc1OC. The quantitative estimate of drug-likeness (QED) is 0.529. The van der Waals surface area contributed by atoms with Gasteiger partial charge in [-0.3, -0.25) is 9.89 Å². The summed E-state index contributed by atoms with van der Waals surface area (Å²) in [6.07, 6.45) is 2.67. The predicted octanol–water partition coefficient (Wildman–Crippen LogP) is 2.24. The van der Waals surface area contributed by atoms with Gasteiger partial charge in [-0.1, -0.05) is 0 Å². The zero-order valence-corrected chi connectivity index (χ0v) is 16.1. The number of aliphatic imine (C=N–C) groups is 1. The second-order valence-corrected chi connectivity index (χ2v) is 6.59. The summed E-state index contributed by atoms with van der Waals surface area (Å²) in [6.45, 7) is 7.09. The van der Waals surface area contributed by atoms with Crippen LogP contribution in [0.4, 0.5) is 0 Å². The van der Waals surface area contributed by atoms with E-state index in [2.05, 4.69) is 34.4 Å². The molecule has 1 aliphatic carbocycles. The zero-order valence-electron chi connectivity index (χ0n) is 16.1. The van der Waals surface area contributed by atoms with Crippen molar-refractivity contribution in [1.82, 2.24) is 15.5 Å². The van der Waals surface area contributed by atoms with E-state index in [-0.39, 0.29) is 0 Å². The van der Waals surface area contributed by atoms with Crippen LogP contribution >= 0.6 is 0 Å². The molecule has 0 amide bonds. The molecule has 1 fully saturated rings. The van der Waals surface area contributed by atoms with E-state index in [0.29, 0.717) is 12.6 Å². The van der Waals surface area contributed by atoms with Crippen molar-refractivity contribution in [2.24, 2.45) is 4.99 Å². The number of hydrogen-bond acceptors (Lipinski definition) is 4. The number of hydrogen-bond donors (Lipinski definition) is 2. The van der Waals surface area contributed by atoms with Crippen molar-refractivity contribution in [3.05, 3.63) is 23.8 Å². The third-order valence-corrected chi connectivity index (χ3v) is 4.51. The highest BCUT2D eigenvalue weighted by molar-refractivity contribution is 5.79. The molecule has 6 heteroatoms. The van der Waals surface area contributed by atoms with E-state index in [1.807, 2.05) is 18.2 Å². The van der Waals surface area contributed by atoms with Gasteiger partial charge in [-0.2, -0.15) is 0 Å². The number of ether oxygens (including phenoxy) is 2. The van der Waals surface area contributed by atoms with Gasteiger partial charge in [0, 0.05) is 50.4 Å². The molecular formula is C19H32N4O2. The third-order valence-electron chi connectivity index (χ3n) is 4.51. The Morgan fingerprint density at radius 2 is 2.00 bits per heavy atom. The average molecular weight is 348 g/mol. The molecule has 140 valence electrons. The molecule has 0 radical (unpaired) electrons. The second kappa shape index (κ2) is 9.51. The maximum Gasteiger partial charge on any atom is 0.191 e. The van der Waals surface area contributed by atoms with Gasteiger partial charge in [-0.05, 0) is 38.8 Å². The van der Waals surface area contributed by atoms with Crippen LogP contribution in [0.15, 0.2) is 23.2 Å². The fraction of sp³-hybridized carbons (Fsp3) is 0.632. The van der Waals surface area contributed by atoms with Gasteiger partial charge in [0.25, 0.3) is 0 Å². The van der Waals surface area contributed by atoms with E-state index >= 15 is 0 Å². The molecule has 0 saturated heterocycles. The van der Waals surface area contributed by atoms with Crippen LogP contribution in [-0.2, 0) is 6.54 Å². The van der Waals surface area contributed by atoms with Gasteiger partial charge in [0.1, 0.15) is 11.5 Å². The summed E-state index contributed by atoms with van der Waals surface area (Å²) < 4.78 is 10.7. The molecule has 0 spiro atoms. The molecule has 1 aliphatic rings. The molecule has 0 aromatic heterocycles. The number of nitrogens with one attached hydrogen (secondary N) is 2. The first kappa shape index (κ1) is 19.4. The molecule has 1 saturated carbocycles. The number of methoxy groups -OCH3 is 2. The van der Waals surface area contributed by atoms with Gasteiger partial charge < -0.3 is 20.1 Å². The standard InChI is InChI=1S/C19H32N4O2/c1-14(2)23(16-7-8-16)11-10-21-19(20-3)22-13-15-6-9-17(24-4)12-18(15)25-5/h6,9,12,14,16H,7-8,10-11,13H2,1-5H3,(H2,20,21,22). The Balaban J connectivity index is 1.82. The highest BCUT2D eigenvalue weighted by atomic mass is 16.5. The van der Waals surface area contributed by atoms with E-state index in [1.54, 1.807) is 21.3 Å². The van der Waals surface area contributed by atoms with Crippen LogP contribution in [0.25, 0.3) is 0 Å². The fourth-order valence-electron chi connectivity index (χ4n) is 2.97. The van der Waals surface area contributed by atoms with Gasteiger partial charge in [0.05, 0.1) is 14.2 Å². The van der Waals surface area contributed by atoms with Crippen LogP contribution in [0.2, 0.25) is 0 Å². The number of guanidine groups is 1. The maximum absolute atomic E-state index is 5.44. The Morgan fingerprint density at radius 1 is 1.24 bits per heavy atom. The molecule has 0 aliphatic heterocycles. The van der Waals surface area contributed by atoms with Crippen LogP contribution in [0.1, 0.15) is 32.3 Å². The first-order valence-electron chi connectivity index (χ1n) is 9.00. The summed E-state index contributed by atoms with van der Waals surface area (Å²) in [5.41, 5.74) is 1.06. The predicted molar refractivity (Wildman–Crippen MR) is 103 cm³/mol. The minimum Gasteiger partial charge on any atom is -0.497 e. The van der Waals surface area contributed by atoms with Crippen molar-refractivity contribution in [3.63, 3.8) is 0 Å². The first-order chi connectivity index (χ1) is 12.1. The summed E-state index contributed by atoms with van der Waals surface area (Å²) >= 11 is 0. The lowest BCUT2D eigenvalue weighted by atomic mass is 10.2. The van der Waals surface area contributed by atoms with E-state index in [4.69, 9.17) is 9.47 Å². The van der Waals surface area contributed by atoms with Crippen molar-refractivity contribution < 1.29 is 9.47 Å². The van der Waals surface area contributed by atoms with Crippen molar-refractivity contribution >= 4 is 5.96 Å². The monoisotopic (exact) mass is 348 g/mol. The smallest absolute Gasteiger partial charge is 0.191 e. The molecule has 25 heavy (non-hydrogen) atoms. The third kappa shape index (κ3) is 5.81. The molecule has 6 nitrogen and oxygen atoms in total. The maximum atomic E-state index is 5.44. The number of benzene rings is 1. The van der Waals surface area contributed by atoms with Crippen LogP contribution in [0.5, 0.6) is 11.5 Å². The summed E-state index contributed by atoms with van der Waals surface area (Å²) in [5, 5.41) is 6.74. The van der Waals surface area contributed by atoms with Crippen LogP contribution < -0.4 is 20.1 Å². The topological polar surface area (TPSA) is 58.1 Å². The summed E-state index contributed by atoms with van der Waals surface area (Å²) in [5.74, 6) is 2.40. The Hall–Kier alpha value is -1.95. The minimum atomic E-state index is 0.591. The molecule has 0 atom stereocenters. The Bertz CT molecular complexity index is 569. The van der Waals surface area contributed by atoms with E-state index in [1.165, 1.54) is 12.8 Å². The minimum absolute atomic E-state index is 0.591. The summed E-state index contributed by atoms with van der Waals surface area (Å²) in [4.78, 5) is 6.87. The van der Waals surface area contributed by atoms with Gasteiger partial charge >= 0.3 is 0 Å². The Kier molecular flexibility index (Phi) is 7.37. The number of rotatable bonds is 9. The highest BCUT2D eigenvalue weighted by Crippen LogP contribution is 2.28. The van der Waals surface area contributed by atoms with Crippen molar-refractivity contribution in [2.45, 2.75) is 45.3 Å². The van der Waals surface area contributed by atoms with E-state index < -0.39 is 0 Å². The number of nitrogens with zero attached hydrogens (tertiary/aromatic N) is 2. The molecule has 2 rings (SSSR count). The lowest BCUT2D eigenvalue weighted by molar-refractivity contribution is 0.215. The summed E-state index contributed by atoms with van der Waals surface area (Å²) in [6, 6.07) is 7.20. The first-order valence-corrected chi connectivity index (χ1v) is 9.00. The van der Waals surface area contributed by atoms with Crippen molar-refractivity contribution in [1.29, 1.82) is 0 Å². The molecule has 0 heterocycles. The fourth-order valence-corrected chi connectivity index (χ4v) is 2.97. The lowest BCUT2D eigenvalue weighted by Crippen LogP contribution is -2.43. The summed E-state index contributed by atoms with van der Waals surface area (Å²) in [7, 11) is 5.12. The van der Waals surface area contributed by atoms with E-state index in [9.17, 15) is 0 Å². The van der Waals surface area contributed by atoms with Crippen molar-refractivity contribution in [2.75, 3.05) is 34.4 Å². The normalized spacial score (nSPS) is 14.8. The van der Waals surface area contributed by atoms with Crippen LogP contribution in [0.3, 0.4) is 0 Å². The molecular weight excluding hydrogens is 316 g/mol. The zero-order chi connectivity index (χ0) is 18.2. The molecule has 0 unspecified atom stereocenters. The highest BCUT2D eigenvalue weighted by Gasteiger charge is 2.30. The average Bonchev–Trinajstić information content (AvgIpc) is 3.45.